The number of hydrogen-bond donors (Lipinski definition) is 2. The third-order valence-corrected chi connectivity index (χ3v) is 3.65. The van der Waals surface area contributed by atoms with E-state index in [-0.39, 0.29) is 6.61 Å². The summed E-state index contributed by atoms with van der Waals surface area (Å²) in [6, 6.07) is 2.20. The number of nitrogens with one attached hydrogen (secondary N) is 1. The Kier molecular flexibility index (Phi) is 3.41. The van der Waals surface area contributed by atoms with Gasteiger partial charge in [-0.1, -0.05) is 6.42 Å². The lowest BCUT2D eigenvalue weighted by atomic mass is 10.1. The summed E-state index contributed by atoms with van der Waals surface area (Å²) in [5.41, 5.74) is 0. The Morgan fingerprint density at radius 2 is 2.32 bits per heavy atom. The van der Waals surface area contributed by atoms with Crippen molar-refractivity contribution >= 4 is 5.82 Å². The highest BCUT2D eigenvalue weighted by molar-refractivity contribution is 5.41. The van der Waals surface area contributed by atoms with Crippen molar-refractivity contribution in [3.63, 3.8) is 0 Å². The van der Waals surface area contributed by atoms with Crippen LogP contribution in [0.2, 0.25) is 0 Å². The summed E-state index contributed by atoms with van der Waals surface area (Å²) in [5.74, 6) is 1.91. The third-order valence-electron chi connectivity index (χ3n) is 3.65. The zero-order valence-electron chi connectivity index (χ0n) is 10.6. The summed E-state index contributed by atoms with van der Waals surface area (Å²) < 4.78 is 1.84. The molecule has 1 aliphatic carbocycles. The highest BCUT2D eigenvalue weighted by Gasteiger charge is 2.26. The zero-order chi connectivity index (χ0) is 13.1. The van der Waals surface area contributed by atoms with Gasteiger partial charge in [0.2, 0.25) is 0 Å². The molecule has 19 heavy (non-hydrogen) atoms. The van der Waals surface area contributed by atoms with Gasteiger partial charge in [-0.3, -0.25) is 4.57 Å². The molecule has 0 bridgehead atoms. The molecule has 0 unspecified atom stereocenters. The molecule has 100 valence electrons. The number of anilines is 1. The van der Waals surface area contributed by atoms with Crippen molar-refractivity contribution < 1.29 is 5.11 Å². The zero-order valence-corrected chi connectivity index (χ0v) is 10.6. The summed E-state index contributed by atoms with van der Waals surface area (Å²) in [7, 11) is 0. The number of imidazole rings is 1. The van der Waals surface area contributed by atoms with Crippen molar-refractivity contribution in [2.24, 2.45) is 5.92 Å². The first kappa shape index (κ1) is 12.1. The Morgan fingerprint density at radius 3 is 3.11 bits per heavy atom. The van der Waals surface area contributed by atoms with Crippen LogP contribution in [-0.2, 0) is 0 Å². The first-order chi connectivity index (χ1) is 9.36. The minimum atomic E-state index is 0.233. The van der Waals surface area contributed by atoms with Gasteiger partial charge in [-0.05, 0) is 12.8 Å². The normalized spacial score (nSPS) is 22.6. The van der Waals surface area contributed by atoms with Gasteiger partial charge in [0, 0.05) is 37.0 Å². The molecular formula is C13H17N5O. The number of rotatable bonds is 4. The van der Waals surface area contributed by atoms with Gasteiger partial charge in [-0.15, -0.1) is 0 Å². The lowest BCUT2D eigenvalue weighted by Crippen LogP contribution is -2.26. The SMILES string of the molecule is OC[C@@H]1CCC[C@@H]1Nc1cc(-n2ccnc2)ncn1. The Hall–Kier alpha value is -1.95. The van der Waals surface area contributed by atoms with E-state index in [9.17, 15) is 5.11 Å². The lowest BCUT2D eigenvalue weighted by molar-refractivity contribution is 0.222. The van der Waals surface area contributed by atoms with E-state index in [2.05, 4.69) is 20.3 Å². The largest absolute Gasteiger partial charge is 0.396 e. The maximum atomic E-state index is 9.33. The summed E-state index contributed by atoms with van der Waals surface area (Å²) in [4.78, 5) is 12.5. The second kappa shape index (κ2) is 5.36. The van der Waals surface area contributed by atoms with Crippen molar-refractivity contribution in [2.45, 2.75) is 25.3 Å². The van der Waals surface area contributed by atoms with E-state index in [1.54, 1.807) is 18.9 Å². The van der Waals surface area contributed by atoms with Gasteiger partial charge in [-0.25, -0.2) is 15.0 Å². The molecule has 2 atom stereocenters. The van der Waals surface area contributed by atoms with Gasteiger partial charge in [0.25, 0.3) is 0 Å². The first-order valence-electron chi connectivity index (χ1n) is 6.54. The highest BCUT2D eigenvalue weighted by Crippen LogP contribution is 2.27. The molecule has 6 heteroatoms. The number of aromatic nitrogens is 4. The number of aliphatic hydroxyl groups excluding tert-OH is 1. The molecule has 0 amide bonds. The van der Waals surface area contributed by atoms with E-state index in [4.69, 9.17) is 0 Å². The molecule has 1 saturated carbocycles. The van der Waals surface area contributed by atoms with Crippen molar-refractivity contribution in [1.29, 1.82) is 0 Å². The molecule has 6 nitrogen and oxygen atoms in total. The van der Waals surface area contributed by atoms with Crippen LogP contribution in [-0.4, -0.2) is 37.3 Å². The minimum absolute atomic E-state index is 0.233. The molecule has 0 spiro atoms. The maximum absolute atomic E-state index is 9.33. The van der Waals surface area contributed by atoms with Gasteiger partial charge >= 0.3 is 0 Å². The average Bonchev–Trinajstić information content (AvgIpc) is 3.10. The summed E-state index contributed by atoms with van der Waals surface area (Å²) in [5, 5.41) is 12.7. The second-order valence-electron chi connectivity index (χ2n) is 4.86. The van der Waals surface area contributed by atoms with Crippen LogP contribution in [0, 0.1) is 5.92 Å². The molecule has 0 aliphatic heterocycles. The van der Waals surface area contributed by atoms with Gasteiger partial charge in [0.05, 0.1) is 0 Å². The van der Waals surface area contributed by atoms with Crippen LogP contribution in [0.25, 0.3) is 5.82 Å². The number of aliphatic hydroxyl groups is 1. The molecule has 1 fully saturated rings. The molecule has 0 radical (unpaired) electrons. The van der Waals surface area contributed by atoms with Crippen molar-refractivity contribution in [1.82, 2.24) is 19.5 Å². The molecule has 0 aromatic carbocycles. The third kappa shape index (κ3) is 2.58. The van der Waals surface area contributed by atoms with Crippen molar-refractivity contribution in [3.05, 3.63) is 31.1 Å². The first-order valence-corrected chi connectivity index (χ1v) is 6.54. The fourth-order valence-corrected chi connectivity index (χ4v) is 2.60. The Balaban J connectivity index is 1.76. The van der Waals surface area contributed by atoms with E-state index < -0.39 is 0 Å². The molecule has 0 saturated heterocycles. The van der Waals surface area contributed by atoms with Gasteiger partial charge in [0.15, 0.2) is 0 Å². The van der Waals surface area contributed by atoms with Gasteiger partial charge in [-0.2, -0.15) is 0 Å². The van der Waals surface area contributed by atoms with Gasteiger partial charge in [0.1, 0.15) is 24.3 Å². The number of nitrogens with zero attached hydrogens (tertiary/aromatic N) is 4. The van der Waals surface area contributed by atoms with Crippen LogP contribution in [0.15, 0.2) is 31.1 Å². The van der Waals surface area contributed by atoms with Crippen molar-refractivity contribution in [3.8, 4) is 5.82 Å². The quantitative estimate of drug-likeness (QED) is 0.864. The fraction of sp³-hybridized carbons (Fsp3) is 0.462. The van der Waals surface area contributed by atoms with Crippen LogP contribution in [0.5, 0.6) is 0 Å². The summed E-state index contributed by atoms with van der Waals surface area (Å²) >= 11 is 0. The highest BCUT2D eigenvalue weighted by atomic mass is 16.3. The second-order valence-corrected chi connectivity index (χ2v) is 4.86. The van der Waals surface area contributed by atoms with Crippen molar-refractivity contribution in [2.75, 3.05) is 11.9 Å². The van der Waals surface area contributed by atoms with Crippen LogP contribution < -0.4 is 5.32 Å². The smallest absolute Gasteiger partial charge is 0.143 e. The number of hydrogen-bond acceptors (Lipinski definition) is 5. The standard InChI is InChI=1S/C13H17N5O/c19-7-10-2-1-3-11(10)17-12-6-13(16-8-15-12)18-5-4-14-9-18/h4-6,8-11,19H,1-3,7H2,(H,15,16,17)/t10-,11-/m0/s1. The minimum Gasteiger partial charge on any atom is -0.396 e. The Labute approximate surface area is 111 Å². The van der Waals surface area contributed by atoms with Crippen LogP contribution in [0.4, 0.5) is 5.82 Å². The topological polar surface area (TPSA) is 75.9 Å². The predicted octanol–water partition coefficient (Wildman–Crippen LogP) is 1.24. The lowest BCUT2D eigenvalue weighted by Gasteiger charge is -2.19. The van der Waals surface area contributed by atoms with Crippen LogP contribution >= 0.6 is 0 Å². The monoisotopic (exact) mass is 259 g/mol. The molecule has 2 aromatic heterocycles. The Bertz CT molecular complexity index is 528. The van der Waals surface area contributed by atoms with E-state index in [0.29, 0.717) is 12.0 Å². The molecule has 2 heterocycles. The fourth-order valence-electron chi connectivity index (χ4n) is 2.60. The molecular weight excluding hydrogens is 242 g/mol. The van der Waals surface area contributed by atoms with Crippen LogP contribution in [0.1, 0.15) is 19.3 Å². The van der Waals surface area contributed by atoms with E-state index >= 15 is 0 Å². The predicted molar refractivity (Wildman–Crippen MR) is 71.0 cm³/mol. The van der Waals surface area contributed by atoms with E-state index in [1.165, 1.54) is 0 Å². The van der Waals surface area contributed by atoms with Crippen LogP contribution in [0.3, 0.4) is 0 Å². The molecule has 3 rings (SSSR count). The summed E-state index contributed by atoms with van der Waals surface area (Å²) in [6.45, 7) is 0.233. The molecule has 2 N–H and O–H groups in total. The molecule has 1 aliphatic rings. The van der Waals surface area contributed by atoms with E-state index in [1.807, 2.05) is 16.8 Å². The van der Waals surface area contributed by atoms with E-state index in [0.717, 1.165) is 30.9 Å². The average molecular weight is 259 g/mol. The van der Waals surface area contributed by atoms with Gasteiger partial charge < -0.3 is 10.4 Å². The maximum Gasteiger partial charge on any atom is 0.143 e. The summed E-state index contributed by atoms with van der Waals surface area (Å²) in [6.07, 6.45) is 10.1. The molecule has 2 aromatic rings. The Morgan fingerprint density at radius 1 is 1.37 bits per heavy atom.